The number of cyclic esters (lactones) is 1. The maximum atomic E-state index is 11.6. The normalized spacial score (nSPS) is 32.4. The predicted molar refractivity (Wildman–Crippen MR) is 57.2 cm³/mol. The molecule has 4 heteroatoms. The molecule has 2 fully saturated rings. The molecule has 1 aliphatic heterocycles. The lowest BCUT2D eigenvalue weighted by molar-refractivity contribution is -0.142. The van der Waals surface area contributed by atoms with Gasteiger partial charge in [-0.2, -0.15) is 0 Å². The summed E-state index contributed by atoms with van der Waals surface area (Å²) in [6, 6.07) is 5.37. The molecule has 2 atom stereocenters. The molecule has 2 aliphatic rings. The van der Waals surface area contributed by atoms with Crippen molar-refractivity contribution in [2.24, 2.45) is 5.92 Å². The van der Waals surface area contributed by atoms with Crippen molar-refractivity contribution >= 4 is 29.2 Å². The predicted octanol–water partition coefficient (Wildman–Crippen LogP) is 2.81. The summed E-state index contributed by atoms with van der Waals surface area (Å²) in [6.45, 7) is 0.541. The van der Waals surface area contributed by atoms with Gasteiger partial charge in [-0.05, 0) is 24.1 Å². The monoisotopic (exact) mass is 242 g/mol. The standard InChI is InChI=1S/C11H8Cl2O2/c12-8-2-1-6(3-9(8)13)11-4-7(11)5-15-10(11)14/h1-3,7H,4-5H2/t7?,11-/m1/s1. The number of benzene rings is 1. The second-order valence-electron chi connectivity index (χ2n) is 4.10. The lowest BCUT2D eigenvalue weighted by Gasteiger charge is -2.10. The van der Waals surface area contributed by atoms with E-state index in [1.807, 2.05) is 6.07 Å². The van der Waals surface area contributed by atoms with E-state index in [-0.39, 0.29) is 5.97 Å². The highest BCUT2D eigenvalue weighted by Gasteiger charge is 2.66. The van der Waals surface area contributed by atoms with Crippen LogP contribution in [0, 0.1) is 5.92 Å². The van der Waals surface area contributed by atoms with Gasteiger partial charge in [-0.3, -0.25) is 4.79 Å². The highest BCUT2D eigenvalue weighted by atomic mass is 35.5. The average molecular weight is 243 g/mol. The van der Waals surface area contributed by atoms with E-state index >= 15 is 0 Å². The van der Waals surface area contributed by atoms with Crippen molar-refractivity contribution in [1.82, 2.24) is 0 Å². The van der Waals surface area contributed by atoms with Crippen LogP contribution in [-0.4, -0.2) is 12.6 Å². The van der Waals surface area contributed by atoms with Crippen molar-refractivity contribution in [2.45, 2.75) is 11.8 Å². The Hall–Kier alpha value is -0.730. The summed E-state index contributed by atoms with van der Waals surface area (Å²) in [4.78, 5) is 11.6. The Bertz CT molecular complexity index is 458. The van der Waals surface area contributed by atoms with Crippen molar-refractivity contribution in [3.8, 4) is 0 Å². The first-order valence-corrected chi connectivity index (χ1v) is 5.53. The number of carbonyl (C=O) groups excluding carboxylic acids is 1. The number of rotatable bonds is 1. The third-order valence-electron chi connectivity index (χ3n) is 3.32. The molecule has 1 saturated heterocycles. The van der Waals surface area contributed by atoms with E-state index in [0.29, 0.717) is 22.6 Å². The second-order valence-corrected chi connectivity index (χ2v) is 4.91. The highest BCUT2D eigenvalue weighted by molar-refractivity contribution is 6.42. The zero-order chi connectivity index (χ0) is 10.6. The van der Waals surface area contributed by atoms with Crippen LogP contribution in [0.3, 0.4) is 0 Å². The fourth-order valence-corrected chi connectivity index (χ4v) is 2.63. The maximum Gasteiger partial charge on any atom is 0.317 e. The van der Waals surface area contributed by atoms with Crippen LogP contribution in [0.15, 0.2) is 18.2 Å². The van der Waals surface area contributed by atoms with E-state index in [1.165, 1.54) is 0 Å². The summed E-state index contributed by atoms with van der Waals surface area (Å²) < 4.78 is 5.03. The molecular weight excluding hydrogens is 235 g/mol. The quantitative estimate of drug-likeness (QED) is 0.709. The lowest BCUT2D eigenvalue weighted by Crippen LogP contribution is -2.18. The Balaban J connectivity index is 2.07. The first kappa shape index (κ1) is 9.49. The van der Waals surface area contributed by atoms with Gasteiger partial charge in [-0.15, -0.1) is 0 Å². The summed E-state index contributed by atoms with van der Waals surface area (Å²) in [5, 5.41) is 1.01. The van der Waals surface area contributed by atoms with Crippen LogP contribution < -0.4 is 0 Å². The van der Waals surface area contributed by atoms with E-state index < -0.39 is 5.41 Å². The van der Waals surface area contributed by atoms with E-state index in [1.54, 1.807) is 12.1 Å². The van der Waals surface area contributed by atoms with Crippen molar-refractivity contribution < 1.29 is 9.53 Å². The van der Waals surface area contributed by atoms with Crippen LogP contribution in [0.4, 0.5) is 0 Å². The van der Waals surface area contributed by atoms with E-state index in [0.717, 1.165) is 12.0 Å². The van der Waals surface area contributed by atoms with Crippen LogP contribution in [0.1, 0.15) is 12.0 Å². The highest BCUT2D eigenvalue weighted by Crippen LogP contribution is 2.59. The molecular formula is C11H8Cl2O2. The van der Waals surface area contributed by atoms with Crippen LogP contribution in [-0.2, 0) is 14.9 Å². The largest absolute Gasteiger partial charge is 0.465 e. The van der Waals surface area contributed by atoms with Gasteiger partial charge < -0.3 is 4.74 Å². The SMILES string of the molecule is O=C1OCC2C[C@]12c1ccc(Cl)c(Cl)c1. The minimum Gasteiger partial charge on any atom is -0.465 e. The Labute approximate surface area is 97.1 Å². The van der Waals surface area contributed by atoms with Crippen molar-refractivity contribution in [3.63, 3.8) is 0 Å². The Morgan fingerprint density at radius 1 is 1.33 bits per heavy atom. The summed E-state index contributed by atoms with van der Waals surface area (Å²) in [5.74, 6) is 0.216. The molecule has 0 bridgehead atoms. The zero-order valence-corrected chi connectivity index (χ0v) is 9.31. The molecule has 0 N–H and O–H groups in total. The van der Waals surface area contributed by atoms with Crippen LogP contribution in [0.2, 0.25) is 10.0 Å². The van der Waals surface area contributed by atoms with Gasteiger partial charge in [0.05, 0.1) is 22.1 Å². The Kier molecular flexibility index (Phi) is 1.83. The molecule has 1 aliphatic carbocycles. The van der Waals surface area contributed by atoms with E-state index in [2.05, 4.69) is 0 Å². The number of hydrogen-bond acceptors (Lipinski definition) is 2. The molecule has 0 spiro atoms. The molecule has 2 nitrogen and oxygen atoms in total. The van der Waals surface area contributed by atoms with Crippen LogP contribution in [0.25, 0.3) is 0 Å². The number of halogens is 2. The van der Waals surface area contributed by atoms with E-state index in [4.69, 9.17) is 27.9 Å². The topological polar surface area (TPSA) is 26.3 Å². The minimum atomic E-state index is -0.409. The molecule has 78 valence electrons. The molecule has 3 rings (SSSR count). The van der Waals surface area contributed by atoms with Gasteiger partial charge in [0.1, 0.15) is 0 Å². The van der Waals surface area contributed by atoms with Gasteiger partial charge in [0.15, 0.2) is 0 Å². The molecule has 0 aromatic heterocycles. The minimum absolute atomic E-state index is 0.120. The first-order chi connectivity index (χ1) is 7.14. The zero-order valence-electron chi connectivity index (χ0n) is 7.80. The summed E-state index contributed by atoms with van der Waals surface area (Å²) in [7, 11) is 0. The first-order valence-electron chi connectivity index (χ1n) is 4.77. The second kappa shape index (κ2) is 2.89. The molecule has 15 heavy (non-hydrogen) atoms. The summed E-state index contributed by atoms with van der Waals surface area (Å²) >= 11 is 11.8. The molecule has 1 aromatic rings. The van der Waals surface area contributed by atoms with Gasteiger partial charge in [-0.1, -0.05) is 29.3 Å². The van der Waals surface area contributed by atoms with Crippen molar-refractivity contribution in [2.75, 3.05) is 6.61 Å². The molecule has 1 aromatic carbocycles. The fraction of sp³-hybridized carbons (Fsp3) is 0.364. The third-order valence-corrected chi connectivity index (χ3v) is 4.06. The number of hydrogen-bond donors (Lipinski definition) is 0. The Morgan fingerprint density at radius 3 is 2.67 bits per heavy atom. The number of ether oxygens (including phenoxy) is 1. The van der Waals surface area contributed by atoms with Crippen LogP contribution in [0.5, 0.6) is 0 Å². The smallest absolute Gasteiger partial charge is 0.317 e. The average Bonchev–Trinajstić information content (AvgIpc) is 2.87. The Morgan fingerprint density at radius 2 is 2.13 bits per heavy atom. The molecule has 1 heterocycles. The maximum absolute atomic E-state index is 11.6. The summed E-state index contributed by atoms with van der Waals surface area (Å²) in [5.41, 5.74) is 0.526. The van der Waals surface area contributed by atoms with Crippen molar-refractivity contribution in [3.05, 3.63) is 33.8 Å². The van der Waals surface area contributed by atoms with Crippen molar-refractivity contribution in [1.29, 1.82) is 0 Å². The van der Waals surface area contributed by atoms with Gasteiger partial charge in [0.2, 0.25) is 0 Å². The van der Waals surface area contributed by atoms with Gasteiger partial charge in [0.25, 0.3) is 0 Å². The van der Waals surface area contributed by atoms with Crippen LogP contribution >= 0.6 is 23.2 Å². The fourth-order valence-electron chi connectivity index (χ4n) is 2.33. The van der Waals surface area contributed by atoms with Gasteiger partial charge >= 0.3 is 5.97 Å². The lowest BCUT2D eigenvalue weighted by atomic mass is 9.95. The molecule has 0 radical (unpaired) electrons. The van der Waals surface area contributed by atoms with Gasteiger partial charge in [-0.25, -0.2) is 0 Å². The molecule has 1 unspecified atom stereocenters. The van der Waals surface area contributed by atoms with Gasteiger partial charge in [0, 0.05) is 5.92 Å². The van der Waals surface area contributed by atoms with E-state index in [9.17, 15) is 4.79 Å². The number of esters is 1. The molecule has 1 saturated carbocycles. The number of carbonyl (C=O) groups is 1. The summed E-state index contributed by atoms with van der Waals surface area (Å²) in [6.07, 6.45) is 0.879. The number of fused-ring (bicyclic) bond motifs is 1. The third kappa shape index (κ3) is 1.15. The molecule has 0 amide bonds.